The van der Waals surface area contributed by atoms with Crippen molar-refractivity contribution in [3.63, 3.8) is 0 Å². The van der Waals surface area contributed by atoms with Crippen molar-refractivity contribution in [3.05, 3.63) is 50.2 Å². The number of aromatic nitrogens is 4. The molecule has 1 aromatic carbocycles. The second kappa shape index (κ2) is 6.86. The number of imidazole rings is 1. The number of H-pyrrole nitrogens is 1. The lowest BCUT2D eigenvalue weighted by molar-refractivity contribution is 0.497. The van der Waals surface area contributed by atoms with Crippen LogP contribution in [0.3, 0.4) is 0 Å². The van der Waals surface area contributed by atoms with Gasteiger partial charge in [0.05, 0.1) is 5.56 Å². The third-order valence-corrected chi connectivity index (χ3v) is 4.59. The summed E-state index contributed by atoms with van der Waals surface area (Å²) in [4.78, 5) is 30.2. The van der Waals surface area contributed by atoms with E-state index in [4.69, 9.17) is 0 Å². The SMILES string of the molecule is CCCCCc1ccc(-c2nc3c(c(=O)[nH]c(=O)n3C)n2C)c(F)c1F. The van der Waals surface area contributed by atoms with Crippen molar-refractivity contribution in [2.75, 3.05) is 0 Å². The van der Waals surface area contributed by atoms with Crippen LogP contribution in [-0.4, -0.2) is 19.1 Å². The summed E-state index contributed by atoms with van der Waals surface area (Å²) >= 11 is 0. The quantitative estimate of drug-likeness (QED) is 0.709. The normalized spacial score (nSPS) is 11.4. The topological polar surface area (TPSA) is 72.7 Å². The third-order valence-electron chi connectivity index (χ3n) is 4.59. The number of hydrogen-bond donors (Lipinski definition) is 1. The minimum absolute atomic E-state index is 0.0488. The van der Waals surface area contributed by atoms with Crippen LogP contribution >= 0.6 is 0 Å². The molecule has 0 atom stereocenters. The molecule has 3 aromatic rings. The first kappa shape index (κ1) is 18.0. The highest BCUT2D eigenvalue weighted by atomic mass is 19.2. The Kier molecular flexibility index (Phi) is 4.76. The van der Waals surface area contributed by atoms with Crippen LogP contribution in [0, 0.1) is 11.6 Å². The van der Waals surface area contributed by atoms with Crippen LogP contribution in [0.5, 0.6) is 0 Å². The molecule has 0 unspecified atom stereocenters. The van der Waals surface area contributed by atoms with Gasteiger partial charge in [0.1, 0.15) is 5.82 Å². The van der Waals surface area contributed by atoms with E-state index in [2.05, 4.69) is 9.97 Å². The van der Waals surface area contributed by atoms with Crippen LogP contribution in [0.1, 0.15) is 31.7 Å². The van der Waals surface area contributed by atoms with E-state index in [1.807, 2.05) is 6.92 Å². The number of fused-ring (bicyclic) bond motifs is 1. The minimum Gasteiger partial charge on any atom is -0.321 e. The lowest BCUT2D eigenvalue weighted by Gasteiger charge is -2.08. The van der Waals surface area contributed by atoms with Gasteiger partial charge in [0.2, 0.25) is 0 Å². The highest BCUT2D eigenvalue weighted by Crippen LogP contribution is 2.27. The van der Waals surface area contributed by atoms with Crippen molar-refractivity contribution in [3.8, 4) is 11.4 Å². The Morgan fingerprint density at radius 3 is 2.50 bits per heavy atom. The fourth-order valence-corrected chi connectivity index (χ4v) is 3.07. The summed E-state index contributed by atoms with van der Waals surface area (Å²) < 4.78 is 31.6. The molecular weight excluding hydrogens is 342 g/mol. The smallest absolute Gasteiger partial charge is 0.321 e. The van der Waals surface area contributed by atoms with Crippen molar-refractivity contribution in [1.82, 2.24) is 19.1 Å². The summed E-state index contributed by atoms with van der Waals surface area (Å²) in [7, 11) is 2.97. The number of aromatic amines is 1. The van der Waals surface area contributed by atoms with Gasteiger partial charge in [-0.25, -0.2) is 18.6 Å². The first-order chi connectivity index (χ1) is 12.4. The molecule has 0 aliphatic rings. The lowest BCUT2D eigenvalue weighted by Crippen LogP contribution is -2.29. The van der Waals surface area contributed by atoms with Gasteiger partial charge in [-0.15, -0.1) is 0 Å². The first-order valence-electron chi connectivity index (χ1n) is 8.49. The number of aryl methyl sites for hydroxylation is 3. The summed E-state index contributed by atoms with van der Waals surface area (Å²) in [5, 5.41) is 0. The molecule has 1 N–H and O–H groups in total. The highest BCUT2D eigenvalue weighted by Gasteiger charge is 2.21. The summed E-state index contributed by atoms with van der Waals surface area (Å²) in [6, 6.07) is 3.01. The molecule has 8 heteroatoms. The molecule has 138 valence electrons. The molecule has 2 aromatic heterocycles. The summed E-state index contributed by atoms with van der Waals surface area (Å²) in [5.41, 5.74) is -0.737. The van der Waals surface area contributed by atoms with Gasteiger partial charge in [-0.1, -0.05) is 25.8 Å². The Morgan fingerprint density at radius 2 is 1.81 bits per heavy atom. The summed E-state index contributed by atoms with van der Waals surface area (Å²) in [5.74, 6) is -1.81. The zero-order valence-corrected chi connectivity index (χ0v) is 14.9. The molecule has 0 amide bonds. The van der Waals surface area contributed by atoms with Crippen molar-refractivity contribution in [1.29, 1.82) is 0 Å². The highest BCUT2D eigenvalue weighted by molar-refractivity contribution is 5.77. The van der Waals surface area contributed by atoms with Crippen molar-refractivity contribution in [2.24, 2.45) is 14.1 Å². The molecular formula is C18H20F2N4O2. The van der Waals surface area contributed by atoms with E-state index in [-0.39, 0.29) is 22.6 Å². The van der Waals surface area contributed by atoms with Crippen LogP contribution in [-0.2, 0) is 20.5 Å². The molecule has 0 saturated heterocycles. The van der Waals surface area contributed by atoms with E-state index in [9.17, 15) is 18.4 Å². The third kappa shape index (κ3) is 2.85. The second-order valence-corrected chi connectivity index (χ2v) is 6.34. The van der Waals surface area contributed by atoms with Crippen molar-refractivity contribution in [2.45, 2.75) is 32.6 Å². The molecule has 0 saturated carbocycles. The number of nitrogens with one attached hydrogen (secondary N) is 1. The van der Waals surface area contributed by atoms with E-state index in [0.717, 1.165) is 23.8 Å². The van der Waals surface area contributed by atoms with Crippen molar-refractivity contribution < 1.29 is 8.78 Å². The molecule has 26 heavy (non-hydrogen) atoms. The standard InChI is InChI=1S/C18H20F2N4O2/c1-4-5-6-7-10-8-9-11(13(20)12(10)19)15-21-16-14(23(15)2)17(25)22-18(26)24(16)3/h8-9H,4-7H2,1-3H3,(H,22,25,26). The van der Waals surface area contributed by atoms with E-state index in [1.54, 1.807) is 6.07 Å². The van der Waals surface area contributed by atoms with Crippen LogP contribution < -0.4 is 11.2 Å². The second-order valence-electron chi connectivity index (χ2n) is 6.34. The van der Waals surface area contributed by atoms with Gasteiger partial charge in [0, 0.05) is 14.1 Å². The average Bonchev–Trinajstić information content (AvgIpc) is 2.95. The minimum atomic E-state index is -1.00. The van der Waals surface area contributed by atoms with Gasteiger partial charge in [-0.05, 0) is 24.5 Å². The molecule has 2 heterocycles. The Bertz CT molecular complexity index is 1100. The number of hydrogen-bond acceptors (Lipinski definition) is 3. The van der Waals surface area contributed by atoms with Gasteiger partial charge < -0.3 is 4.57 Å². The van der Waals surface area contributed by atoms with Gasteiger partial charge in [0.25, 0.3) is 5.56 Å². The van der Waals surface area contributed by atoms with Crippen molar-refractivity contribution >= 4 is 11.2 Å². The number of benzene rings is 1. The van der Waals surface area contributed by atoms with Gasteiger partial charge >= 0.3 is 5.69 Å². The maximum Gasteiger partial charge on any atom is 0.329 e. The van der Waals surface area contributed by atoms with E-state index < -0.39 is 22.9 Å². The molecule has 6 nitrogen and oxygen atoms in total. The predicted molar refractivity (Wildman–Crippen MR) is 95.2 cm³/mol. The molecule has 3 rings (SSSR count). The first-order valence-corrected chi connectivity index (χ1v) is 8.49. The van der Waals surface area contributed by atoms with Gasteiger partial charge in [0.15, 0.2) is 22.8 Å². The molecule has 0 bridgehead atoms. The Hall–Kier alpha value is -2.77. The Balaban J connectivity index is 2.16. The lowest BCUT2D eigenvalue weighted by atomic mass is 10.0. The molecule has 0 radical (unpaired) electrons. The van der Waals surface area contributed by atoms with Crippen LogP contribution in [0.25, 0.3) is 22.6 Å². The van der Waals surface area contributed by atoms with Gasteiger partial charge in [-0.3, -0.25) is 14.3 Å². The van der Waals surface area contributed by atoms with Crippen LogP contribution in [0.15, 0.2) is 21.7 Å². The number of nitrogens with zero attached hydrogens (tertiary/aromatic N) is 3. The van der Waals surface area contributed by atoms with E-state index in [1.165, 1.54) is 24.7 Å². The number of rotatable bonds is 5. The predicted octanol–water partition coefficient (Wildman–Crippen LogP) is 2.64. The number of unbranched alkanes of at least 4 members (excludes halogenated alkanes) is 2. The van der Waals surface area contributed by atoms with E-state index >= 15 is 0 Å². The Morgan fingerprint density at radius 1 is 1.08 bits per heavy atom. The Labute approximate surface area is 148 Å². The average molecular weight is 362 g/mol. The van der Waals surface area contributed by atoms with E-state index in [0.29, 0.717) is 12.0 Å². The number of halogens is 2. The zero-order valence-electron chi connectivity index (χ0n) is 14.9. The van der Waals surface area contributed by atoms with Gasteiger partial charge in [-0.2, -0.15) is 0 Å². The monoisotopic (exact) mass is 362 g/mol. The maximum atomic E-state index is 14.7. The van der Waals surface area contributed by atoms with Crippen LogP contribution in [0.2, 0.25) is 0 Å². The molecule has 0 fully saturated rings. The summed E-state index contributed by atoms with van der Waals surface area (Å²) in [6.07, 6.45) is 3.20. The fourth-order valence-electron chi connectivity index (χ4n) is 3.07. The maximum absolute atomic E-state index is 14.7. The molecule has 0 aliphatic carbocycles. The largest absolute Gasteiger partial charge is 0.329 e. The zero-order chi connectivity index (χ0) is 19.0. The molecule has 0 aliphatic heterocycles. The molecule has 0 spiro atoms. The summed E-state index contributed by atoms with van der Waals surface area (Å²) in [6.45, 7) is 2.04. The fraction of sp³-hybridized carbons (Fsp3) is 0.389. The van der Waals surface area contributed by atoms with Crippen LogP contribution in [0.4, 0.5) is 8.78 Å².